The number of nitrogens with two attached hydrogens (primary N) is 1. The van der Waals surface area contributed by atoms with E-state index >= 15 is 0 Å². The van der Waals surface area contributed by atoms with E-state index in [0.29, 0.717) is 5.92 Å². The Bertz CT molecular complexity index is 490. The molecule has 1 aromatic heterocycles. The van der Waals surface area contributed by atoms with Crippen molar-refractivity contribution in [3.05, 3.63) is 28.8 Å². The fourth-order valence-electron chi connectivity index (χ4n) is 2.04. The van der Waals surface area contributed by atoms with Crippen LogP contribution < -0.4 is 5.73 Å². The predicted octanol–water partition coefficient (Wildman–Crippen LogP) is 3.52. The SMILES string of the molecule is Cc1cccc2sc(CCC(C)CCN)nc12. The molecule has 0 aliphatic carbocycles. The second-order valence-electron chi connectivity index (χ2n) is 4.75. The van der Waals surface area contributed by atoms with E-state index in [0.717, 1.165) is 19.4 Å². The molecule has 0 radical (unpaired) electrons. The van der Waals surface area contributed by atoms with E-state index in [-0.39, 0.29) is 0 Å². The van der Waals surface area contributed by atoms with Gasteiger partial charge in [0, 0.05) is 0 Å². The molecular formula is C14H20N2S. The first-order valence-corrected chi connectivity index (χ1v) is 7.07. The molecule has 1 aromatic carbocycles. The van der Waals surface area contributed by atoms with Gasteiger partial charge in [-0.05, 0) is 50.3 Å². The van der Waals surface area contributed by atoms with Crippen LogP contribution in [0.25, 0.3) is 10.2 Å². The molecule has 0 saturated heterocycles. The Kier molecular flexibility index (Phi) is 4.13. The number of nitrogens with zero attached hydrogens (tertiary/aromatic N) is 1. The fourth-order valence-corrected chi connectivity index (χ4v) is 3.10. The number of hydrogen-bond donors (Lipinski definition) is 1. The Morgan fingerprint density at radius 1 is 1.35 bits per heavy atom. The van der Waals surface area contributed by atoms with Crippen molar-refractivity contribution in [1.29, 1.82) is 0 Å². The van der Waals surface area contributed by atoms with Crippen molar-refractivity contribution in [3.8, 4) is 0 Å². The quantitative estimate of drug-likeness (QED) is 0.879. The normalized spacial score (nSPS) is 13.1. The van der Waals surface area contributed by atoms with Gasteiger partial charge in [-0.2, -0.15) is 0 Å². The molecule has 1 atom stereocenters. The maximum Gasteiger partial charge on any atom is 0.0938 e. The van der Waals surface area contributed by atoms with Crippen LogP contribution >= 0.6 is 11.3 Å². The Morgan fingerprint density at radius 3 is 2.88 bits per heavy atom. The van der Waals surface area contributed by atoms with Crippen LogP contribution in [0.2, 0.25) is 0 Å². The van der Waals surface area contributed by atoms with Crippen molar-refractivity contribution in [2.24, 2.45) is 11.7 Å². The standard InChI is InChI=1S/C14H20N2S/c1-10(8-9-15)6-7-13-16-14-11(2)4-3-5-12(14)17-13/h3-5,10H,6-9,15H2,1-2H3. The Balaban J connectivity index is 2.07. The zero-order valence-corrected chi connectivity index (χ0v) is 11.4. The van der Waals surface area contributed by atoms with Gasteiger partial charge < -0.3 is 5.73 Å². The van der Waals surface area contributed by atoms with Crippen molar-refractivity contribution in [1.82, 2.24) is 4.98 Å². The van der Waals surface area contributed by atoms with Crippen LogP contribution in [-0.2, 0) is 6.42 Å². The molecule has 1 unspecified atom stereocenters. The maximum atomic E-state index is 5.57. The summed E-state index contributed by atoms with van der Waals surface area (Å²) in [6.07, 6.45) is 3.39. The fraction of sp³-hybridized carbons (Fsp3) is 0.500. The van der Waals surface area contributed by atoms with Gasteiger partial charge in [-0.25, -0.2) is 4.98 Å². The Morgan fingerprint density at radius 2 is 2.18 bits per heavy atom. The van der Waals surface area contributed by atoms with Crippen molar-refractivity contribution >= 4 is 21.6 Å². The Hall–Kier alpha value is -0.930. The maximum absolute atomic E-state index is 5.57. The predicted molar refractivity (Wildman–Crippen MR) is 75.5 cm³/mol. The van der Waals surface area contributed by atoms with E-state index in [1.54, 1.807) is 0 Å². The highest BCUT2D eigenvalue weighted by molar-refractivity contribution is 7.18. The molecule has 0 fully saturated rings. The molecule has 0 amide bonds. The third-order valence-corrected chi connectivity index (χ3v) is 4.26. The second kappa shape index (κ2) is 5.61. The third-order valence-electron chi connectivity index (χ3n) is 3.18. The summed E-state index contributed by atoms with van der Waals surface area (Å²) in [4.78, 5) is 4.73. The smallest absolute Gasteiger partial charge is 0.0938 e. The molecule has 2 rings (SSSR count). The minimum absolute atomic E-state index is 0.702. The van der Waals surface area contributed by atoms with Gasteiger partial charge >= 0.3 is 0 Å². The van der Waals surface area contributed by atoms with Gasteiger partial charge in [0.25, 0.3) is 0 Å². The van der Waals surface area contributed by atoms with Gasteiger partial charge in [0.2, 0.25) is 0 Å². The molecular weight excluding hydrogens is 228 g/mol. The molecule has 3 heteroatoms. The lowest BCUT2D eigenvalue weighted by Gasteiger charge is -2.07. The summed E-state index contributed by atoms with van der Waals surface area (Å²) in [5.41, 5.74) is 8.02. The monoisotopic (exact) mass is 248 g/mol. The summed E-state index contributed by atoms with van der Waals surface area (Å²) >= 11 is 1.83. The minimum atomic E-state index is 0.702. The van der Waals surface area contributed by atoms with Crippen molar-refractivity contribution in [2.45, 2.75) is 33.1 Å². The van der Waals surface area contributed by atoms with Crippen molar-refractivity contribution in [2.75, 3.05) is 6.54 Å². The first-order chi connectivity index (χ1) is 8.20. The lowest BCUT2D eigenvalue weighted by Crippen LogP contribution is -2.06. The summed E-state index contributed by atoms with van der Waals surface area (Å²) in [5.74, 6) is 0.702. The zero-order valence-electron chi connectivity index (χ0n) is 10.6. The summed E-state index contributed by atoms with van der Waals surface area (Å²) in [5, 5.41) is 1.26. The highest BCUT2D eigenvalue weighted by Gasteiger charge is 2.07. The molecule has 0 saturated carbocycles. The van der Waals surface area contributed by atoms with Crippen LogP contribution in [-0.4, -0.2) is 11.5 Å². The van der Waals surface area contributed by atoms with E-state index in [9.17, 15) is 0 Å². The Labute approximate surface area is 107 Å². The van der Waals surface area contributed by atoms with Gasteiger partial charge in [0.05, 0.1) is 15.2 Å². The number of rotatable bonds is 5. The van der Waals surface area contributed by atoms with Crippen LogP contribution in [0.1, 0.15) is 30.3 Å². The van der Waals surface area contributed by atoms with E-state index in [1.807, 2.05) is 11.3 Å². The summed E-state index contributed by atoms with van der Waals surface area (Å²) in [6, 6.07) is 6.40. The van der Waals surface area contributed by atoms with Gasteiger partial charge in [-0.3, -0.25) is 0 Å². The average Bonchev–Trinajstić information content (AvgIpc) is 2.71. The molecule has 0 bridgehead atoms. The molecule has 2 nitrogen and oxygen atoms in total. The molecule has 0 aliphatic rings. The van der Waals surface area contributed by atoms with Gasteiger partial charge in [-0.15, -0.1) is 11.3 Å². The van der Waals surface area contributed by atoms with Crippen LogP contribution in [0, 0.1) is 12.8 Å². The molecule has 17 heavy (non-hydrogen) atoms. The van der Waals surface area contributed by atoms with Crippen LogP contribution in [0.15, 0.2) is 18.2 Å². The topological polar surface area (TPSA) is 38.9 Å². The first kappa shape index (κ1) is 12.5. The van der Waals surface area contributed by atoms with E-state index in [2.05, 4.69) is 32.0 Å². The summed E-state index contributed by atoms with van der Waals surface area (Å²) < 4.78 is 1.31. The zero-order chi connectivity index (χ0) is 12.3. The molecule has 1 heterocycles. The number of aromatic nitrogens is 1. The summed E-state index contributed by atoms with van der Waals surface area (Å²) in [6.45, 7) is 5.19. The van der Waals surface area contributed by atoms with Crippen LogP contribution in [0.4, 0.5) is 0 Å². The third kappa shape index (κ3) is 3.05. The van der Waals surface area contributed by atoms with E-state index < -0.39 is 0 Å². The molecule has 92 valence electrons. The number of hydrogen-bond acceptors (Lipinski definition) is 3. The van der Waals surface area contributed by atoms with Gasteiger partial charge in [-0.1, -0.05) is 19.1 Å². The number of benzene rings is 1. The van der Waals surface area contributed by atoms with E-state index in [1.165, 1.54) is 27.2 Å². The molecule has 2 aromatic rings. The van der Waals surface area contributed by atoms with E-state index in [4.69, 9.17) is 10.7 Å². The highest BCUT2D eigenvalue weighted by atomic mass is 32.1. The minimum Gasteiger partial charge on any atom is -0.330 e. The number of fused-ring (bicyclic) bond motifs is 1. The molecule has 0 aliphatic heterocycles. The average molecular weight is 248 g/mol. The number of thiazole rings is 1. The van der Waals surface area contributed by atoms with Gasteiger partial charge in [0.15, 0.2) is 0 Å². The lowest BCUT2D eigenvalue weighted by atomic mass is 10.0. The van der Waals surface area contributed by atoms with Gasteiger partial charge in [0.1, 0.15) is 0 Å². The summed E-state index contributed by atoms with van der Waals surface area (Å²) in [7, 11) is 0. The van der Waals surface area contributed by atoms with Crippen molar-refractivity contribution in [3.63, 3.8) is 0 Å². The van der Waals surface area contributed by atoms with Crippen LogP contribution in [0.3, 0.4) is 0 Å². The molecule has 2 N–H and O–H groups in total. The van der Waals surface area contributed by atoms with Crippen molar-refractivity contribution < 1.29 is 0 Å². The first-order valence-electron chi connectivity index (χ1n) is 6.26. The highest BCUT2D eigenvalue weighted by Crippen LogP contribution is 2.26. The largest absolute Gasteiger partial charge is 0.330 e. The number of para-hydroxylation sites is 1. The molecule has 0 spiro atoms. The van der Waals surface area contributed by atoms with Crippen LogP contribution in [0.5, 0.6) is 0 Å². The lowest BCUT2D eigenvalue weighted by molar-refractivity contribution is 0.499. The number of aryl methyl sites for hydroxylation is 2. The second-order valence-corrected chi connectivity index (χ2v) is 5.87.